The Bertz CT molecular complexity index is 2560. The lowest BCUT2D eigenvalue weighted by Crippen LogP contribution is -2.70. The highest BCUT2D eigenvalue weighted by atomic mass is 19.1. The van der Waals surface area contributed by atoms with Crippen molar-refractivity contribution < 1.29 is 52.9 Å². The lowest BCUT2D eigenvalue weighted by Gasteiger charge is -2.60. The molecule has 2 heterocycles. The molecule has 2 aliphatic carbocycles. The zero-order chi connectivity index (χ0) is 49.0. The van der Waals surface area contributed by atoms with Gasteiger partial charge in [0.05, 0.1) is 29.8 Å². The Morgan fingerprint density at radius 2 is 1.73 bits per heavy atom. The molecule has 1 saturated carbocycles. The number of hydrogen-bond acceptors (Lipinski definition) is 12. The van der Waals surface area contributed by atoms with E-state index in [1.807, 2.05) is 12.1 Å². The van der Waals surface area contributed by atoms with Gasteiger partial charge in [0.15, 0.2) is 0 Å². The summed E-state index contributed by atoms with van der Waals surface area (Å²) in [6, 6.07) is 23.4. The molecule has 1 saturated heterocycles. The van der Waals surface area contributed by atoms with Crippen molar-refractivity contribution in [2.24, 2.45) is 22.9 Å². The van der Waals surface area contributed by atoms with E-state index >= 15 is 4.79 Å². The van der Waals surface area contributed by atoms with Crippen LogP contribution < -0.4 is 9.47 Å². The largest absolute Gasteiger partial charge is 0.459 e. The van der Waals surface area contributed by atoms with Gasteiger partial charge in [-0.05, 0) is 128 Å². The Morgan fingerprint density at radius 1 is 0.957 bits per heavy atom. The monoisotopic (exact) mass is 957 g/mol. The quantitative estimate of drug-likeness (QED) is 0.0191. The number of aldehydes is 1. The lowest BCUT2D eigenvalue weighted by molar-refractivity contribution is -0.384. The van der Waals surface area contributed by atoms with Crippen molar-refractivity contribution in [3.8, 4) is 17.2 Å². The molecule has 0 spiro atoms. The number of fused-ring (bicyclic) bond motifs is 2. The first-order valence-corrected chi connectivity index (χ1v) is 24.2. The normalized spacial score (nSPS) is 24.2. The van der Waals surface area contributed by atoms with Crippen LogP contribution >= 0.6 is 0 Å². The molecule has 0 radical (unpaired) electrons. The molecule has 4 aromatic carbocycles. The second kappa shape index (κ2) is 23.4. The summed E-state index contributed by atoms with van der Waals surface area (Å²) in [4.78, 5) is 45.9. The number of carbonyl (C=O) groups excluding carboxylic acids is 2. The van der Waals surface area contributed by atoms with Gasteiger partial charge in [0.2, 0.25) is 18.0 Å². The van der Waals surface area contributed by atoms with Crippen molar-refractivity contribution in [2.45, 2.75) is 94.8 Å². The smallest absolute Gasteiger partial charge is 0.269 e. The van der Waals surface area contributed by atoms with Crippen LogP contribution in [-0.2, 0) is 25.7 Å². The van der Waals surface area contributed by atoms with Crippen LogP contribution in [0.2, 0.25) is 0 Å². The number of halogens is 1. The van der Waals surface area contributed by atoms with Crippen LogP contribution in [0.5, 0.6) is 17.2 Å². The number of nitro groups is 1. The van der Waals surface area contributed by atoms with E-state index in [9.17, 15) is 29.5 Å². The first-order valence-electron chi connectivity index (χ1n) is 24.2. The average Bonchev–Trinajstić information content (AvgIpc) is 3.38. The Labute approximate surface area is 407 Å². The number of nitrogens with zero attached hydrogens (tertiary/aromatic N) is 3. The maximum Gasteiger partial charge on any atom is 0.269 e. The molecule has 8 rings (SSSR count). The van der Waals surface area contributed by atoms with Gasteiger partial charge in [0, 0.05) is 67.9 Å². The Hall–Kier alpha value is -6.52. The number of ether oxygens (including phenoxy) is 4. The van der Waals surface area contributed by atoms with Crippen LogP contribution in [0.15, 0.2) is 127 Å². The summed E-state index contributed by atoms with van der Waals surface area (Å²) in [6.45, 7) is 4.66. The number of carbonyl (C=O) groups is 2. The van der Waals surface area contributed by atoms with Gasteiger partial charge < -0.3 is 38.9 Å². The minimum absolute atomic E-state index is 0.00352. The second-order valence-corrected chi connectivity index (χ2v) is 18.2. The fraction of sp³-hybridized carbons (Fsp3) is 0.400. The van der Waals surface area contributed by atoms with E-state index in [1.165, 1.54) is 30.3 Å². The molecule has 368 valence electrons. The number of nitro benzene ring substituents is 1. The first-order chi connectivity index (χ1) is 34.1. The van der Waals surface area contributed by atoms with E-state index < -0.39 is 40.7 Å². The summed E-state index contributed by atoms with van der Waals surface area (Å²) in [7, 11) is 0. The number of amides is 1. The highest BCUT2D eigenvalue weighted by molar-refractivity contribution is 6.03. The molecule has 2 aliphatic heterocycles. The molecule has 14 nitrogen and oxygen atoms in total. The average molecular weight is 958 g/mol. The number of oxime groups is 1. The topological polar surface area (TPSA) is 179 Å². The third-order valence-corrected chi connectivity index (χ3v) is 13.7. The maximum absolute atomic E-state index is 15.2. The van der Waals surface area contributed by atoms with Gasteiger partial charge in [-0.3, -0.25) is 19.7 Å². The molecule has 15 heteroatoms. The van der Waals surface area contributed by atoms with Crippen LogP contribution in [0, 0.1) is 33.7 Å². The number of rotatable bonds is 22. The van der Waals surface area contributed by atoms with Crippen molar-refractivity contribution in [1.29, 1.82) is 0 Å². The highest BCUT2D eigenvalue weighted by Crippen LogP contribution is 2.62. The highest BCUT2D eigenvalue weighted by Gasteiger charge is 2.65. The Morgan fingerprint density at radius 3 is 2.44 bits per heavy atom. The molecular formula is C55H60FN3O11. The van der Waals surface area contributed by atoms with E-state index in [0.29, 0.717) is 78.4 Å². The number of aliphatic hydroxyl groups is 2. The number of benzene rings is 4. The molecule has 2 N–H and O–H groups in total. The number of non-ortho nitro benzene ring substituents is 1. The van der Waals surface area contributed by atoms with Crippen molar-refractivity contribution in [3.63, 3.8) is 0 Å². The van der Waals surface area contributed by atoms with Crippen LogP contribution in [0.3, 0.4) is 0 Å². The van der Waals surface area contributed by atoms with Gasteiger partial charge in [0.1, 0.15) is 35.4 Å². The SMILES string of the molecule is C=CCOC12Oc3ccc(Oc4cccc(C=O)c4)cc3C3C(CCCCO)C(CCCCO)C=C(C(=NOC4CCCCO4)CC1N(Cc1ccc(F)cc1)C(=O)C=Cc1ccc([N+](=O)[O-])cc1)C32. The summed E-state index contributed by atoms with van der Waals surface area (Å²) < 4.78 is 41.5. The molecule has 7 atom stereocenters. The van der Waals surface area contributed by atoms with Crippen molar-refractivity contribution >= 4 is 29.7 Å². The molecule has 70 heavy (non-hydrogen) atoms. The Kier molecular flexibility index (Phi) is 16.7. The third kappa shape index (κ3) is 11.4. The number of allylic oxidation sites excluding steroid dienone is 1. The zero-order valence-corrected chi connectivity index (χ0v) is 39.1. The van der Waals surface area contributed by atoms with Crippen LogP contribution in [0.25, 0.3) is 6.08 Å². The first kappa shape index (κ1) is 49.9. The van der Waals surface area contributed by atoms with Crippen molar-refractivity contribution in [3.05, 3.63) is 160 Å². The van der Waals surface area contributed by atoms with Gasteiger partial charge in [-0.25, -0.2) is 4.39 Å². The molecular weight excluding hydrogens is 898 g/mol. The fourth-order valence-electron chi connectivity index (χ4n) is 10.5. The molecule has 0 bridgehead atoms. The van der Waals surface area contributed by atoms with Crippen LogP contribution in [0.1, 0.15) is 97.2 Å². The summed E-state index contributed by atoms with van der Waals surface area (Å²) in [5.74, 6) is -2.12. The van der Waals surface area contributed by atoms with Gasteiger partial charge in [-0.2, -0.15) is 0 Å². The molecule has 0 aromatic heterocycles. The minimum atomic E-state index is -1.61. The summed E-state index contributed by atoms with van der Waals surface area (Å²) in [5.41, 5.74) is 3.81. The number of aliphatic hydroxyl groups excluding tert-OH is 2. The van der Waals surface area contributed by atoms with Crippen molar-refractivity contribution in [2.75, 3.05) is 26.4 Å². The van der Waals surface area contributed by atoms with Gasteiger partial charge in [-0.1, -0.05) is 54.4 Å². The molecule has 1 amide bonds. The van der Waals surface area contributed by atoms with Crippen LogP contribution in [0.4, 0.5) is 10.1 Å². The van der Waals surface area contributed by atoms with Gasteiger partial charge >= 0.3 is 0 Å². The molecule has 2 fully saturated rings. The maximum atomic E-state index is 15.2. The zero-order valence-electron chi connectivity index (χ0n) is 39.1. The summed E-state index contributed by atoms with van der Waals surface area (Å²) >= 11 is 0. The predicted molar refractivity (Wildman–Crippen MR) is 261 cm³/mol. The van der Waals surface area contributed by atoms with Gasteiger partial charge in [-0.15, -0.1) is 6.58 Å². The predicted octanol–water partition coefficient (Wildman–Crippen LogP) is 10.2. The fourth-order valence-corrected chi connectivity index (χ4v) is 10.5. The van der Waals surface area contributed by atoms with E-state index in [0.717, 1.165) is 43.1 Å². The standard InChI is InChI=1S/C55H60FN3O11/c1-2-29-67-55-50(58(35-38-15-20-41(56)21-16-38)51(63)26-19-37-17-22-42(23-18-37)59(64)65)34-48(57-70-52-14-5-8-30-66-52)46-32-40(11-3-6-27-60)45(13-4-7-28-61)53(54(46)55)47-33-44(24-25-49(47)69-55)68-43-12-9-10-39(31-43)36-62/h2,9-10,12,15-26,31-33,36,40,45,50,52-54,60-61H,1,3-8,11,13-14,27-30,34-35H2. The van der Waals surface area contributed by atoms with Crippen molar-refractivity contribution in [1.82, 2.24) is 4.90 Å². The lowest BCUT2D eigenvalue weighted by atomic mass is 9.55. The molecule has 7 unspecified atom stereocenters. The summed E-state index contributed by atoms with van der Waals surface area (Å²) in [6.07, 6.45) is 13.7. The van der Waals surface area contributed by atoms with E-state index in [-0.39, 0.29) is 56.2 Å². The van der Waals surface area contributed by atoms with Crippen LogP contribution in [-0.4, -0.2) is 82.5 Å². The molecule has 4 aromatic rings. The summed E-state index contributed by atoms with van der Waals surface area (Å²) in [5, 5.41) is 36.4. The molecule has 4 aliphatic rings. The van der Waals surface area contributed by atoms with Gasteiger partial charge in [0.25, 0.3) is 5.69 Å². The Balaban J connectivity index is 1.34. The second-order valence-electron chi connectivity index (χ2n) is 18.2. The van der Waals surface area contributed by atoms with E-state index in [4.69, 9.17) is 28.9 Å². The third-order valence-electron chi connectivity index (χ3n) is 13.7. The number of unbranched alkanes of at least 4 members (excludes halogenated alkanes) is 2. The van der Waals surface area contributed by atoms with E-state index in [1.54, 1.807) is 71.6 Å². The minimum Gasteiger partial charge on any atom is -0.459 e. The van der Waals surface area contributed by atoms with E-state index in [2.05, 4.69) is 12.7 Å². The number of hydrogen-bond donors (Lipinski definition) is 2.